The molecule has 0 saturated carbocycles. The molecule has 128 valence electrons. The Bertz CT molecular complexity index is 720. The summed E-state index contributed by atoms with van der Waals surface area (Å²) >= 11 is 18.4. The minimum absolute atomic E-state index is 0.359. The van der Waals surface area contributed by atoms with Gasteiger partial charge in [-0.15, -0.1) is 0 Å². The molecule has 6 heteroatoms. The van der Waals surface area contributed by atoms with Crippen LogP contribution in [0.15, 0.2) is 43.0 Å². The Morgan fingerprint density at radius 2 is 1.88 bits per heavy atom. The van der Waals surface area contributed by atoms with E-state index in [9.17, 15) is 0 Å². The second-order valence-electron chi connectivity index (χ2n) is 4.92. The number of nitrogens with one attached hydrogen (secondary N) is 1. The van der Waals surface area contributed by atoms with Gasteiger partial charge in [-0.2, -0.15) is 0 Å². The Balaban J connectivity index is 2.19. The summed E-state index contributed by atoms with van der Waals surface area (Å²) in [5.74, 6) is 1.12. The molecule has 0 aromatic heterocycles. The molecule has 1 N–H and O–H groups in total. The fourth-order valence-electron chi connectivity index (χ4n) is 2.10. The molecule has 0 aliphatic carbocycles. The number of rotatable bonds is 8. The summed E-state index contributed by atoms with van der Waals surface area (Å²) in [5.41, 5.74) is 1.74. The van der Waals surface area contributed by atoms with Crippen LogP contribution in [0.1, 0.15) is 12.5 Å². The van der Waals surface area contributed by atoms with Gasteiger partial charge in [-0.3, -0.25) is 0 Å². The summed E-state index contributed by atoms with van der Waals surface area (Å²) in [6.07, 6.45) is 1.66. The first-order chi connectivity index (χ1) is 11.5. The van der Waals surface area contributed by atoms with Crippen LogP contribution in [-0.4, -0.2) is 13.2 Å². The lowest BCUT2D eigenvalue weighted by Crippen LogP contribution is -2.04. The number of anilines is 1. The van der Waals surface area contributed by atoms with E-state index in [-0.39, 0.29) is 0 Å². The molecule has 0 unspecified atom stereocenters. The minimum atomic E-state index is 0.359. The number of hydrogen-bond acceptors (Lipinski definition) is 3. The Morgan fingerprint density at radius 3 is 2.54 bits per heavy atom. The van der Waals surface area contributed by atoms with Crippen LogP contribution in [0.2, 0.25) is 15.1 Å². The fourth-order valence-corrected chi connectivity index (χ4v) is 2.86. The molecule has 2 aromatic rings. The molecule has 0 heterocycles. The van der Waals surface area contributed by atoms with E-state index in [4.69, 9.17) is 44.3 Å². The highest BCUT2D eigenvalue weighted by molar-refractivity contribution is 6.36. The van der Waals surface area contributed by atoms with Crippen molar-refractivity contribution in [3.8, 4) is 11.5 Å². The fraction of sp³-hybridized carbons (Fsp3) is 0.222. The summed E-state index contributed by atoms with van der Waals surface area (Å²) in [5, 5.41) is 4.89. The van der Waals surface area contributed by atoms with E-state index in [1.54, 1.807) is 18.2 Å². The predicted molar refractivity (Wildman–Crippen MR) is 102 cm³/mol. The van der Waals surface area contributed by atoms with Crippen LogP contribution in [-0.2, 0) is 6.54 Å². The zero-order chi connectivity index (χ0) is 17.5. The first kappa shape index (κ1) is 18.8. The number of benzene rings is 2. The molecule has 0 bridgehead atoms. The van der Waals surface area contributed by atoms with Crippen LogP contribution in [0.3, 0.4) is 0 Å². The van der Waals surface area contributed by atoms with Crippen LogP contribution in [0, 0.1) is 0 Å². The van der Waals surface area contributed by atoms with E-state index in [2.05, 4.69) is 11.9 Å². The molecule has 24 heavy (non-hydrogen) atoms. The molecule has 0 saturated heterocycles. The second-order valence-corrected chi connectivity index (χ2v) is 6.17. The van der Waals surface area contributed by atoms with Crippen molar-refractivity contribution in [2.45, 2.75) is 13.5 Å². The number of hydrogen-bond donors (Lipinski definition) is 1. The highest BCUT2D eigenvalue weighted by Gasteiger charge is 2.12. The first-order valence-electron chi connectivity index (χ1n) is 7.43. The van der Waals surface area contributed by atoms with Gasteiger partial charge in [-0.25, -0.2) is 0 Å². The van der Waals surface area contributed by atoms with Crippen LogP contribution in [0.4, 0.5) is 5.69 Å². The average Bonchev–Trinajstić information content (AvgIpc) is 2.53. The molecule has 0 aliphatic heterocycles. The van der Waals surface area contributed by atoms with Crippen LogP contribution in [0.5, 0.6) is 11.5 Å². The van der Waals surface area contributed by atoms with Gasteiger partial charge in [0.25, 0.3) is 0 Å². The third kappa shape index (κ3) is 4.97. The monoisotopic (exact) mass is 385 g/mol. The van der Waals surface area contributed by atoms with Crippen LogP contribution >= 0.6 is 34.8 Å². The third-order valence-corrected chi connectivity index (χ3v) is 3.96. The lowest BCUT2D eigenvalue weighted by Gasteiger charge is -2.15. The predicted octanol–water partition coefficient (Wildman–Crippen LogP) is 6.22. The topological polar surface area (TPSA) is 30.5 Å². The summed E-state index contributed by atoms with van der Waals surface area (Å²) in [6.45, 7) is 6.95. The maximum Gasteiger partial charge on any atom is 0.180 e. The summed E-state index contributed by atoms with van der Waals surface area (Å²) < 4.78 is 11.2. The van der Waals surface area contributed by atoms with Gasteiger partial charge in [0.2, 0.25) is 0 Å². The molecule has 2 aromatic carbocycles. The van der Waals surface area contributed by atoms with Gasteiger partial charge in [0.1, 0.15) is 6.61 Å². The van der Waals surface area contributed by atoms with E-state index >= 15 is 0 Å². The smallest absolute Gasteiger partial charge is 0.180 e. The SMILES string of the molecule is C=CCOc1c(Cl)cc(CNc2ccc(Cl)cc2Cl)cc1OCC. The van der Waals surface area contributed by atoms with Crippen molar-refractivity contribution in [1.82, 2.24) is 0 Å². The summed E-state index contributed by atoms with van der Waals surface area (Å²) in [6, 6.07) is 9.03. The molecule has 0 fully saturated rings. The van der Waals surface area contributed by atoms with Crippen molar-refractivity contribution < 1.29 is 9.47 Å². The molecule has 0 aliphatic rings. The molecular weight excluding hydrogens is 369 g/mol. The zero-order valence-electron chi connectivity index (χ0n) is 13.2. The normalized spacial score (nSPS) is 10.3. The van der Waals surface area contributed by atoms with Crippen LogP contribution in [0.25, 0.3) is 0 Å². The highest BCUT2D eigenvalue weighted by Crippen LogP contribution is 2.37. The van der Waals surface area contributed by atoms with Crippen molar-refractivity contribution in [3.63, 3.8) is 0 Å². The standard InChI is InChI=1S/C18H18Cl3NO2/c1-3-7-24-18-15(21)8-12(9-17(18)23-4-2)11-22-16-6-5-13(19)10-14(16)20/h3,5-6,8-10,22H,1,4,7,11H2,2H3. The Hall–Kier alpha value is -1.55. The lowest BCUT2D eigenvalue weighted by atomic mass is 10.2. The van der Waals surface area contributed by atoms with E-state index in [1.165, 1.54) is 0 Å². The number of halogens is 3. The average molecular weight is 387 g/mol. The molecule has 0 spiro atoms. The molecule has 0 atom stereocenters. The molecule has 0 amide bonds. The van der Waals surface area contributed by atoms with Crippen molar-refractivity contribution in [1.29, 1.82) is 0 Å². The van der Waals surface area contributed by atoms with Gasteiger partial charge in [0.15, 0.2) is 11.5 Å². The molecule has 0 radical (unpaired) electrons. The van der Waals surface area contributed by atoms with Crippen LogP contribution < -0.4 is 14.8 Å². The van der Waals surface area contributed by atoms with E-state index in [0.29, 0.717) is 46.3 Å². The lowest BCUT2D eigenvalue weighted by molar-refractivity contribution is 0.297. The van der Waals surface area contributed by atoms with Crippen molar-refractivity contribution in [2.24, 2.45) is 0 Å². The van der Waals surface area contributed by atoms with Gasteiger partial charge in [0.05, 0.1) is 22.3 Å². The van der Waals surface area contributed by atoms with Crippen molar-refractivity contribution >= 4 is 40.5 Å². The van der Waals surface area contributed by atoms with Crippen molar-refractivity contribution in [2.75, 3.05) is 18.5 Å². The third-order valence-electron chi connectivity index (χ3n) is 3.13. The summed E-state index contributed by atoms with van der Waals surface area (Å²) in [7, 11) is 0. The molecule has 2 rings (SSSR count). The maximum atomic E-state index is 6.33. The van der Waals surface area contributed by atoms with E-state index in [1.807, 2.05) is 25.1 Å². The van der Waals surface area contributed by atoms with Gasteiger partial charge in [-0.05, 0) is 42.8 Å². The largest absolute Gasteiger partial charge is 0.490 e. The summed E-state index contributed by atoms with van der Waals surface area (Å²) in [4.78, 5) is 0. The number of ether oxygens (including phenoxy) is 2. The Morgan fingerprint density at radius 1 is 1.08 bits per heavy atom. The van der Waals surface area contributed by atoms with Gasteiger partial charge >= 0.3 is 0 Å². The molecular formula is C18H18Cl3NO2. The van der Waals surface area contributed by atoms with Gasteiger partial charge in [-0.1, -0.05) is 47.5 Å². The zero-order valence-corrected chi connectivity index (χ0v) is 15.5. The molecule has 3 nitrogen and oxygen atoms in total. The van der Waals surface area contributed by atoms with Crippen molar-refractivity contribution in [3.05, 3.63) is 63.6 Å². The van der Waals surface area contributed by atoms with E-state index < -0.39 is 0 Å². The minimum Gasteiger partial charge on any atom is -0.490 e. The highest BCUT2D eigenvalue weighted by atomic mass is 35.5. The Kier molecular flexibility index (Phi) is 7.10. The Labute approximate surface area is 157 Å². The van der Waals surface area contributed by atoms with Gasteiger partial charge < -0.3 is 14.8 Å². The second kappa shape index (κ2) is 9.07. The van der Waals surface area contributed by atoms with Gasteiger partial charge in [0, 0.05) is 11.6 Å². The maximum absolute atomic E-state index is 6.33. The van der Waals surface area contributed by atoms with E-state index in [0.717, 1.165) is 11.3 Å². The first-order valence-corrected chi connectivity index (χ1v) is 8.56. The quantitative estimate of drug-likeness (QED) is 0.546.